The number of hydrogen-bond acceptors (Lipinski definition) is 2. The van der Waals surface area contributed by atoms with Crippen LogP contribution in [0.2, 0.25) is 5.02 Å². The van der Waals surface area contributed by atoms with Gasteiger partial charge < -0.3 is 4.98 Å². The molecule has 0 atom stereocenters. The van der Waals surface area contributed by atoms with Crippen LogP contribution < -0.4 is 5.43 Å². The molecular formula is C20H20ClFN2O. The summed E-state index contributed by atoms with van der Waals surface area (Å²) in [6.07, 6.45) is 0.995. The van der Waals surface area contributed by atoms with Gasteiger partial charge in [-0.25, -0.2) is 4.39 Å². The summed E-state index contributed by atoms with van der Waals surface area (Å²) in [5.74, 6) is -0.233. The minimum absolute atomic E-state index is 0.0375. The van der Waals surface area contributed by atoms with Gasteiger partial charge in [0.25, 0.3) is 0 Å². The zero-order chi connectivity index (χ0) is 17.8. The van der Waals surface area contributed by atoms with Crippen molar-refractivity contribution in [3.63, 3.8) is 0 Å². The molecule has 0 aliphatic heterocycles. The van der Waals surface area contributed by atoms with Crippen LogP contribution in [-0.2, 0) is 13.1 Å². The van der Waals surface area contributed by atoms with Crippen LogP contribution in [0, 0.1) is 5.82 Å². The average molecular weight is 359 g/mol. The number of benzene rings is 2. The maximum Gasteiger partial charge on any atom is 0.189 e. The molecule has 0 saturated heterocycles. The van der Waals surface area contributed by atoms with Gasteiger partial charge in [-0.1, -0.05) is 30.7 Å². The first-order valence-corrected chi connectivity index (χ1v) is 8.71. The molecule has 0 aliphatic rings. The summed E-state index contributed by atoms with van der Waals surface area (Å²) in [6, 6.07) is 13.4. The van der Waals surface area contributed by atoms with Crippen molar-refractivity contribution in [2.24, 2.45) is 0 Å². The van der Waals surface area contributed by atoms with Gasteiger partial charge in [0.15, 0.2) is 5.43 Å². The quantitative estimate of drug-likeness (QED) is 0.691. The van der Waals surface area contributed by atoms with Crippen LogP contribution >= 0.6 is 11.6 Å². The molecule has 0 fully saturated rings. The zero-order valence-electron chi connectivity index (χ0n) is 14.1. The number of fused-ring (bicyclic) bond motifs is 1. The molecule has 3 rings (SSSR count). The van der Waals surface area contributed by atoms with Crippen LogP contribution in [0.25, 0.3) is 10.9 Å². The number of pyridine rings is 1. The van der Waals surface area contributed by atoms with Crippen LogP contribution in [0.4, 0.5) is 4.39 Å². The Morgan fingerprint density at radius 1 is 1.08 bits per heavy atom. The molecule has 3 aromatic rings. The Balaban J connectivity index is 1.84. The lowest BCUT2D eigenvalue weighted by atomic mass is 10.1. The lowest BCUT2D eigenvalue weighted by molar-refractivity contribution is 0.254. The fourth-order valence-electron chi connectivity index (χ4n) is 2.98. The van der Waals surface area contributed by atoms with Gasteiger partial charge in [-0.3, -0.25) is 9.69 Å². The molecule has 0 bridgehead atoms. The van der Waals surface area contributed by atoms with Gasteiger partial charge >= 0.3 is 0 Å². The lowest BCUT2D eigenvalue weighted by Crippen LogP contribution is -2.25. The van der Waals surface area contributed by atoms with Gasteiger partial charge in [0.05, 0.1) is 0 Å². The minimum Gasteiger partial charge on any atom is -0.357 e. The maximum absolute atomic E-state index is 13.1. The zero-order valence-corrected chi connectivity index (χ0v) is 14.8. The van der Waals surface area contributed by atoms with Crippen LogP contribution in [0.15, 0.2) is 53.3 Å². The predicted octanol–water partition coefficient (Wildman–Crippen LogP) is 4.73. The second kappa shape index (κ2) is 7.81. The predicted molar refractivity (Wildman–Crippen MR) is 100 cm³/mol. The summed E-state index contributed by atoms with van der Waals surface area (Å²) in [6.45, 7) is 4.33. The highest BCUT2D eigenvalue weighted by Crippen LogP contribution is 2.16. The Hall–Kier alpha value is -2.17. The lowest BCUT2D eigenvalue weighted by Gasteiger charge is -2.22. The van der Waals surface area contributed by atoms with Crippen molar-refractivity contribution in [3.05, 3.63) is 80.9 Å². The highest BCUT2D eigenvalue weighted by atomic mass is 35.5. The summed E-state index contributed by atoms with van der Waals surface area (Å²) in [4.78, 5) is 17.9. The van der Waals surface area contributed by atoms with Crippen LogP contribution in [-0.4, -0.2) is 16.4 Å². The normalized spacial score (nSPS) is 11.4. The van der Waals surface area contributed by atoms with E-state index in [1.165, 1.54) is 12.1 Å². The van der Waals surface area contributed by atoms with E-state index < -0.39 is 0 Å². The topological polar surface area (TPSA) is 36.1 Å². The summed E-state index contributed by atoms with van der Waals surface area (Å²) in [5.41, 5.74) is 2.65. The maximum atomic E-state index is 13.1. The molecule has 1 aromatic heterocycles. The molecular weight excluding hydrogens is 339 g/mol. The number of halogens is 2. The summed E-state index contributed by atoms with van der Waals surface area (Å²) >= 11 is 5.97. The SMILES string of the molecule is CCCN(Cc1ccc(F)cc1)Cc1cc(=O)c2cc(Cl)ccc2[nH]1. The van der Waals surface area contributed by atoms with Gasteiger partial charge in [0.1, 0.15) is 5.82 Å². The fourth-order valence-corrected chi connectivity index (χ4v) is 3.15. The van der Waals surface area contributed by atoms with Crippen molar-refractivity contribution < 1.29 is 4.39 Å². The first-order chi connectivity index (χ1) is 12.0. The molecule has 1 N–H and O–H groups in total. The number of hydrogen-bond donors (Lipinski definition) is 1. The van der Waals surface area contributed by atoms with Gasteiger partial charge in [0, 0.05) is 40.8 Å². The van der Waals surface area contributed by atoms with Gasteiger partial charge in [-0.2, -0.15) is 0 Å². The van der Waals surface area contributed by atoms with E-state index >= 15 is 0 Å². The summed E-state index contributed by atoms with van der Waals surface area (Å²) < 4.78 is 13.1. The largest absolute Gasteiger partial charge is 0.357 e. The molecule has 0 saturated carbocycles. The fraction of sp³-hybridized carbons (Fsp3) is 0.250. The number of H-pyrrole nitrogens is 1. The molecule has 1 heterocycles. The molecule has 0 aliphatic carbocycles. The van der Waals surface area contributed by atoms with E-state index in [-0.39, 0.29) is 11.2 Å². The van der Waals surface area contributed by atoms with E-state index in [4.69, 9.17) is 11.6 Å². The third-order valence-electron chi connectivity index (χ3n) is 4.10. The molecule has 0 amide bonds. The van der Waals surface area contributed by atoms with Crippen LogP contribution in [0.3, 0.4) is 0 Å². The van der Waals surface area contributed by atoms with Crippen molar-refractivity contribution in [1.29, 1.82) is 0 Å². The Labute approximate surface area is 151 Å². The van der Waals surface area contributed by atoms with Gasteiger partial charge in [-0.05, 0) is 48.9 Å². The van der Waals surface area contributed by atoms with Gasteiger partial charge in [0.2, 0.25) is 0 Å². The van der Waals surface area contributed by atoms with E-state index in [1.807, 2.05) is 6.07 Å². The van der Waals surface area contributed by atoms with Crippen molar-refractivity contribution in [2.75, 3.05) is 6.54 Å². The molecule has 25 heavy (non-hydrogen) atoms. The smallest absolute Gasteiger partial charge is 0.189 e. The number of rotatable bonds is 6. The highest BCUT2D eigenvalue weighted by molar-refractivity contribution is 6.31. The van der Waals surface area contributed by atoms with Crippen molar-refractivity contribution >= 4 is 22.5 Å². The first kappa shape index (κ1) is 17.6. The number of aromatic amines is 1. The average Bonchev–Trinajstić information content (AvgIpc) is 2.58. The number of aromatic nitrogens is 1. The molecule has 2 aromatic carbocycles. The summed E-state index contributed by atoms with van der Waals surface area (Å²) in [5, 5.41) is 1.14. The standard InChI is InChI=1S/C20H20ClFN2O/c1-2-9-24(12-14-3-6-16(22)7-4-14)13-17-11-20(25)18-10-15(21)5-8-19(18)23-17/h3-8,10-11H,2,9,12-13H2,1H3,(H,23,25). The Morgan fingerprint density at radius 3 is 2.56 bits per heavy atom. The van der Waals surface area contributed by atoms with Crippen molar-refractivity contribution in [3.8, 4) is 0 Å². The van der Waals surface area contributed by atoms with Gasteiger partial charge in [-0.15, -0.1) is 0 Å². The second-order valence-electron chi connectivity index (χ2n) is 6.19. The molecule has 0 unspecified atom stereocenters. The third-order valence-corrected chi connectivity index (χ3v) is 4.34. The van der Waals surface area contributed by atoms with Crippen molar-refractivity contribution in [1.82, 2.24) is 9.88 Å². The van der Waals surface area contributed by atoms with Crippen LogP contribution in [0.1, 0.15) is 24.6 Å². The Bertz CT molecular complexity index is 921. The molecule has 3 nitrogen and oxygen atoms in total. The summed E-state index contributed by atoms with van der Waals surface area (Å²) in [7, 11) is 0. The first-order valence-electron chi connectivity index (χ1n) is 8.33. The van der Waals surface area contributed by atoms with E-state index in [9.17, 15) is 9.18 Å². The molecule has 5 heteroatoms. The van der Waals surface area contributed by atoms with E-state index in [0.717, 1.165) is 29.7 Å². The third kappa shape index (κ3) is 4.47. The second-order valence-corrected chi connectivity index (χ2v) is 6.62. The molecule has 0 radical (unpaired) electrons. The van der Waals surface area contributed by atoms with E-state index in [1.54, 1.807) is 30.3 Å². The Kier molecular flexibility index (Phi) is 5.51. The highest BCUT2D eigenvalue weighted by Gasteiger charge is 2.09. The number of nitrogens with zero attached hydrogens (tertiary/aromatic N) is 1. The number of nitrogens with one attached hydrogen (secondary N) is 1. The molecule has 130 valence electrons. The van der Waals surface area contributed by atoms with E-state index in [2.05, 4.69) is 16.8 Å². The Morgan fingerprint density at radius 2 is 1.84 bits per heavy atom. The minimum atomic E-state index is -0.233. The van der Waals surface area contributed by atoms with Crippen molar-refractivity contribution in [2.45, 2.75) is 26.4 Å². The van der Waals surface area contributed by atoms with E-state index in [0.29, 0.717) is 23.5 Å². The molecule has 0 spiro atoms. The van der Waals surface area contributed by atoms with Crippen LogP contribution in [0.5, 0.6) is 0 Å². The monoisotopic (exact) mass is 358 g/mol.